The lowest BCUT2D eigenvalue weighted by Gasteiger charge is -2.30. The molecule has 1 aliphatic heterocycles. The summed E-state index contributed by atoms with van der Waals surface area (Å²) >= 11 is 6.05. The fraction of sp³-hybridized carbons (Fsp3) is 0.500. The number of morpholine rings is 1. The Labute approximate surface area is 118 Å². The minimum absolute atomic E-state index is 0.00530. The molecule has 4 nitrogen and oxygen atoms in total. The van der Waals surface area contributed by atoms with Gasteiger partial charge in [0.2, 0.25) is 0 Å². The molecule has 1 aliphatic rings. The molecule has 0 bridgehead atoms. The molecule has 1 amide bonds. The number of hydrogen-bond acceptors (Lipinski definition) is 3. The molecule has 0 aromatic heterocycles. The summed E-state index contributed by atoms with van der Waals surface area (Å²) in [6.45, 7) is 4.37. The quantitative estimate of drug-likeness (QED) is 0.851. The van der Waals surface area contributed by atoms with Gasteiger partial charge in [-0.2, -0.15) is 0 Å². The molecule has 104 valence electrons. The minimum Gasteiger partial charge on any atom is -0.479 e. The average molecular weight is 284 g/mol. The highest BCUT2D eigenvalue weighted by Crippen LogP contribution is 2.25. The standard InChI is InChI=1S/C14H18ClNO3/c1-2-12(14(17)16-7-9-18-10-8-16)19-13-6-4-3-5-11(13)15/h3-6,12H,2,7-10H2,1H3/t12-/m0/s1. The highest BCUT2D eigenvalue weighted by molar-refractivity contribution is 6.32. The summed E-state index contributed by atoms with van der Waals surface area (Å²) in [5.74, 6) is 0.559. The highest BCUT2D eigenvalue weighted by Gasteiger charge is 2.26. The van der Waals surface area contributed by atoms with E-state index >= 15 is 0 Å². The van der Waals surface area contributed by atoms with Gasteiger partial charge < -0.3 is 14.4 Å². The molecule has 0 saturated carbocycles. The fourth-order valence-corrected chi connectivity index (χ4v) is 2.17. The first-order valence-electron chi connectivity index (χ1n) is 6.50. The monoisotopic (exact) mass is 283 g/mol. The lowest BCUT2D eigenvalue weighted by Crippen LogP contribution is -2.47. The van der Waals surface area contributed by atoms with Crippen LogP contribution in [0.3, 0.4) is 0 Å². The van der Waals surface area contributed by atoms with Gasteiger partial charge in [-0.3, -0.25) is 4.79 Å². The normalized spacial score (nSPS) is 17.1. The molecule has 1 fully saturated rings. The second-order valence-corrected chi connectivity index (χ2v) is 4.79. The van der Waals surface area contributed by atoms with Gasteiger partial charge in [0.15, 0.2) is 6.10 Å². The van der Waals surface area contributed by atoms with Crippen molar-refractivity contribution >= 4 is 17.5 Å². The van der Waals surface area contributed by atoms with Crippen LogP contribution in [0.2, 0.25) is 5.02 Å². The van der Waals surface area contributed by atoms with Gasteiger partial charge in [0.1, 0.15) is 5.75 Å². The summed E-state index contributed by atoms with van der Waals surface area (Å²) in [4.78, 5) is 14.1. The molecule has 1 heterocycles. The van der Waals surface area contributed by atoms with Crippen molar-refractivity contribution in [1.82, 2.24) is 4.90 Å². The van der Waals surface area contributed by atoms with Crippen LogP contribution in [0, 0.1) is 0 Å². The molecule has 0 spiro atoms. The molecule has 0 N–H and O–H groups in total. The summed E-state index contributed by atoms with van der Waals surface area (Å²) in [6, 6.07) is 7.20. The molecule has 1 saturated heterocycles. The van der Waals surface area contributed by atoms with Gasteiger partial charge in [0.05, 0.1) is 18.2 Å². The van der Waals surface area contributed by atoms with E-state index in [-0.39, 0.29) is 5.91 Å². The fourth-order valence-electron chi connectivity index (χ4n) is 1.99. The van der Waals surface area contributed by atoms with Crippen molar-refractivity contribution in [2.75, 3.05) is 26.3 Å². The zero-order chi connectivity index (χ0) is 13.7. The lowest BCUT2D eigenvalue weighted by molar-refractivity contribution is -0.142. The number of rotatable bonds is 4. The highest BCUT2D eigenvalue weighted by atomic mass is 35.5. The van der Waals surface area contributed by atoms with E-state index in [0.717, 1.165) is 0 Å². The Balaban J connectivity index is 2.03. The Morgan fingerprint density at radius 3 is 2.74 bits per heavy atom. The molecule has 1 atom stereocenters. The molecule has 1 aromatic carbocycles. The van der Waals surface area contributed by atoms with Gasteiger partial charge in [0, 0.05) is 13.1 Å². The number of benzene rings is 1. The van der Waals surface area contributed by atoms with E-state index in [1.54, 1.807) is 17.0 Å². The van der Waals surface area contributed by atoms with E-state index in [4.69, 9.17) is 21.1 Å². The molecule has 2 rings (SSSR count). The van der Waals surface area contributed by atoms with Crippen LogP contribution >= 0.6 is 11.6 Å². The van der Waals surface area contributed by atoms with Crippen molar-refractivity contribution in [3.05, 3.63) is 29.3 Å². The van der Waals surface area contributed by atoms with Gasteiger partial charge >= 0.3 is 0 Å². The number of ether oxygens (including phenoxy) is 2. The number of hydrogen-bond donors (Lipinski definition) is 0. The van der Waals surface area contributed by atoms with Crippen LogP contribution in [0.15, 0.2) is 24.3 Å². The van der Waals surface area contributed by atoms with Crippen molar-refractivity contribution < 1.29 is 14.3 Å². The van der Waals surface area contributed by atoms with E-state index in [0.29, 0.717) is 43.5 Å². The molecule has 0 aliphatic carbocycles. The van der Waals surface area contributed by atoms with Crippen molar-refractivity contribution in [3.8, 4) is 5.75 Å². The first-order valence-corrected chi connectivity index (χ1v) is 6.88. The van der Waals surface area contributed by atoms with E-state index in [9.17, 15) is 4.79 Å². The number of carbonyl (C=O) groups excluding carboxylic acids is 1. The summed E-state index contributed by atoms with van der Waals surface area (Å²) in [6.07, 6.45) is 0.125. The molecular weight excluding hydrogens is 266 g/mol. The maximum Gasteiger partial charge on any atom is 0.263 e. The van der Waals surface area contributed by atoms with Crippen molar-refractivity contribution in [3.63, 3.8) is 0 Å². The van der Waals surface area contributed by atoms with Crippen LogP contribution in [-0.4, -0.2) is 43.2 Å². The molecule has 1 aromatic rings. The third kappa shape index (κ3) is 3.61. The van der Waals surface area contributed by atoms with Crippen LogP contribution < -0.4 is 4.74 Å². The van der Waals surface area contributed by atoms with Crippen LogP contribution in [-0.2, 0) is 9.53 Å². The summed E-state index contributed by atoms with van der Waals surface area (Å²) in [5, 5.41) is 0.524. The number of para-hydroxylation sites is 1. The molecule has 0 unspecified atom stereocenters. The third-order valence-electron chi connectivity index (χ3n) is 3.07. The Morgan fingerprint density at radius 2 is 2.11 bits per heavy atom. The van der Waals surface area contributed by atoms with E-state index in [2.05, 4.69) is 0 Å². The number of halogens is 1. The first-order chi connectivity index (χ1) is 9.22. The summed E-state index contributed by atoms with van der Waals surface area (Å²) < 4.78 is 11.0. The average Bonchev–Trinajstić information content (AvgIpc) is 2.47. The smallest absolute Gasteiger partial charge is 0.263 e. The predicted molar refractivity (Wildman–Crippen MR) is 73.6 cm³/mol. The second kappa shape index (κ2) is 6.78. The lowest BCUT2D eigenvalue weighted by atomic mass is 10.2. The van der Waals surface area contributed by atoms with Gasteiger partial charge in [-0.25, -0.2) is 0 Å². The first kappa shape index (κ1) is 14.2. The third-order valence-corrected chi connectivity index (χ3v) is 3.39. The molecule has 0 radical (unpaired) electrons. The Kier molecular flexibility index (Phi) is 5.05. The maximum atomic E-state index is 12.3. The van der Waals surface area contributed by atoms with Crippen molar-refractivity contribution in [2.24, 2.45) is 0 Å². The van der Waals surface area contributed by atoms with Crippen LogP contribution in [0.1, 0.15) is 13.3 Å². The molecule has 19 heavy (non-hydrogen) atoms. The van der Waals surface area contributed by atoms with Crippen LogP contribution in [0.25, 0.3) is 0 Å². The number of amides is 1. The van der Waals surface area contributed by atoms with Gasteiger partial charge in [-0.15, -0.1) is 0 Å². The van der Waals surface area contributed by atoms with Crippen LogP contribution in [0.4, 0.5) is 0 Å². The van der Waals surface area contributed by atoms with Crippen molar-refractivity contribution in [1.29, 1.82) is 0 Å². The predicted octanol–water partition coefficient (Wildman–Crippen LogP) is 2.36. The zero-order valence-corrected chi connectivity index (χ0v) is 11.7. The topological polar surface area (TPSA) is 38.8 Å². The van der Waals surface area contributed by atoms with Gasteiger partial charge in [0.25, 0.3) is 5.91 Å². The molecule has 5 heteroatoms. The second-order valence-electron chi connectivity index (χ2n) is 4.38. The Hall–Kier alpha value is -1.26. The van der Waals surface area contributed by atoms with Crippen molar-refractivity contribution in [2.45, 2.75) is 19.4 Å². The zero-order valence-electron chi connectivity index (χ0n) is 11.0. The minimum atomic E-state index is -0.488. The van der Waals surface area contributed by atoms with E-state index in [1.807, 2.05) is 19.1 Å². The van der Waals surface area contributed by atoms with E-state index in [1.165, 1.54) is 0 Å². The Morgan fingerprint density at radius 1 is 1.42 bits per heavy atom. The summed E-state index contributed by atoms with van der Waals surface area (Å²) in [7, 11) is 0. The largest absolute Gasteiger partial charge is 0.479 e. The van der Waals surface area contributed by atoms with Gasteiger partial charge in [-0.1, -0.05) is 30.7 Å². The van der Waals surface area contributed by atoms with Gasteiger partial charge in [-0.05, 0) is 18.6 Å². The number of nitrogens with zero attached hydrogens (tertiary/aromatic N) is 1. The van der Waals surface area contributed by atoms with E-state index < -0.39 is 6.10 Å². The molecular formula is C14H18ClNO3. The summed E-state index contributed by atoms with van der Waals surface area (Å²) in [5.41, 5.74) is 0. The SMILES string of the molecule is CC[C@H](Oc1ccccc1Cl)C(=O)N1CCOCC1. The number of carbonyl (C=O) groups is 1. The maximum absolute atomic E-state index is 12.3. The van der Waals surface area contributed by atoms with Crippen LogP contribution in [0.5, 0.6) is 5.75 Å². The Bertz CT molecular complexity index is 432.